The fraction of sp³-hybridized carbons (Fsp3) is 1.00. The number of hydrogen-bond donors (Lipinski definition) is 0. The summed E-state index contributed by atoms with van der Waals surface area (Å²) >= 11 is 0. The molecule has 0 aliphatic rings. The molecule has 0 unspecified atom stereocenters. The normalized spacial score (nSPS) is 13.4. The van der Waals surface area contributed by atoms with Gasteiger partial charge in [-0.05, 0) is 25.7 Å². The van der Waals surface area contributed by atoms with Crippen LogP contribution >= 0.6 is 0 Å². The quantitative estimate of drug-likeness (QED) is 0.0801. The van der Waals surface area contributed by atoms with Crippen LogP contribution in [-0.2, 0) is 0 Å². The van der Waals surface area contributed by atoms with Crippen molar-refractivity contribution in [2.24, 2.45) is 35.5 Å². The van der Waals surface area contributed by atoms with Crippen LogP contribution in [0, 0.1) is 35.5 Å². The molecule has 0 aromatic heterocycles. The first-order valence-corrected chi connectivity index (χ1v) is 17.4. The van der Waals surface area contributed by atoms with Crippen LogP contribution in [0.3, 0.4) is 0 Å². The van der Waals surface area contributed by atoms with Crippen LogP contribution in [0.4, 0.5) is 0 Å². The molecule has 0 aromatic carbocycles. The standard InChI is InChI=1S/C36H78N2/c1-31(2)25-37(26-32(3)4,27-33(5)6)23-21-19-17-15-13-14-16-18-20-22-24-38(28-34(7)8,29-35(9)10)30-36(11)12/h31-36H,13-30H2,1-12H3/q+2. The Balaban J connectivity index is 4.28. The Labute approximate surface area is 243 Å². The molecule has 0 aliphatic heterocycles. The second-order valence-electron chi connectivity index (χ2n) is 16.1. The third-order valence-electron chi connectivity index (χ3n) is 8.03. The maximum atomic E-state index is 2.42. The number of nitrogens with zero attached hydrogens (tertiary/aromatic N) is 2. The number of hydrogen-bond acceptors (Lipinski definition) is 0. The molecule has 0 rings (SSSR count). The molecule has 0 atom stereocenters. The molecule has 2 nitrogen and oxygen atoms in total. The largest absolute Gasteiger partial charge is 0.323 e. The lowest BCUT2D eigenvalue weighted by Crippen LogP contribution is -2.54. The van der Waals surface area contributed by atoms with Crippen molar-refractivity contribution in [3.63, 3.8) is 0 Å². The van der Waals surface area contributed by atoms with Crippen LogP contribution < -0.4 is 0 Å². The van der Waals surface area contributed by atoms with Gasteiger partial charge in [0.05, 0.1) is 52.4 Å². The summed E-state index contributed by atoms with van der Waals surface area (Å²) in [6.07, 6.45) is 14.5. The van der Waals surface area contributed by atoms with Crippen LogP contribution in [0.1, 0.15) is 147 Å². The highest BCUT2D eigenvalue weighted by Gasteiger charge is 2.31. The molecule has 0 N–H and O–H groups in total. The summed E-state index contributed by atoms with van der Waals surface area (Å²) in [6.45, 7) is 40.1. The Hall–Kier alpha value is -0.0800. The summed E-state index contributed by atoms with van der Waals surface area (Å²) in [5.41, 5.74) is 0. The third-order valence-corrected chi connectivity index (χ3v) is 8.03. The van der Waals surface area contributed by atoms with Crippen LogP contribution in [0.2, 0.25) is 0 Å². The third kappa shape index (κ3) is 19.9. The van der Waals surface area contributed by atoms with Gasteiger partial charge in [0.25, 0.3) is 0 Å². The topological polar surface area (TPSA) is 0 Å². The smallest absolute Gasteiger partial charge is 0.0810 e. The van der Waals surface area contributed by atoms with E-state index in [0.717, 1.165) is 35.5 Å². The van der Waals surface area contributed by atoms with Gasteiger partial charge in [0, 0.05) is 35.5 Å². The molecule has 0 fully saturated rings. The van der Waals surface area contributed by atoms with E-state index in [2.05, 4.69) is 83.1 Å². The van der Waals surface area contributed by atoms with Gasteiger partial charge in [-0.1, -0.05) is 122 Å². The Kier molecular flexibility index (Phi) is 20.7. The highest BCUT2D eigenvalue weighted by atomic mass is 15.4. The second kappa shape index (κ2) is 20.7. The highest BCUT2D eigenvalue weighted by Crippen LogP contribution is 2.23. The maximum Gasteiger partial charge on any atom is 0.0810 e. The van der Waals surface area contributed by atoms with Gasteiger partial charge >= 0.3 is 0 Å². The zero-order valence-corrected chi connectivity index (χ0v) is 29.1. The monoisotopic (exact) mass is 539 g/mol. The van der Waals surface area contributed by atoms with Crippen molar-refractivity contribution in [2.45, 2.75) is 147 Å². The van der Waals surface area contributed by atoms with Crippen molar-refractivity contribution in [1.29, 1.82) is 0 Å². The summed E-state index contributed by atoms with van der Waals surface area (Å²) in [5.74, 6) is 4.77. The van der Waals surface area contributed by atoms with Gasteiger partial charge in [0.2, 0.25) is 0 Å². The van der Waals surface area contributed by atoms with E-state index in [9.17, 15) is 0 Å². The molecule has 0 spiro atoms. The van der Waals surface area contributed by atoms with Gasteiger partial charge in [0.1, 0.15) is 0 Å². The molecule has 0 aliphatic carbocycles. The predicted molar refractivity (Wildman–Crippen MR) is 175 cm³/mol. The average Bonchev–Trinajstić information content (AvgIpc) is 2.71. The zero-order valence-electron chi connectivity index (χ0n) is 29.1. The summed E-state index contributed by atoms with van der Waals surface area (Å²) in [7, 11) is 0. The van der Waals surface area contributed by atoms with Crippen LogP contribution in [0.15, 0.2) is 0 Å². The van der Waals surface area contributed by atoms with Gasteiger partial charge in [-0.3, -0.25) is 0 Å². The van der Waals surface area contributed by atoms with Gasteiger partial charge in [-0.2, -0.15) is 0 Å². The Bertz CT molecular complexity index is 430. The summed E-state index contributed by atoms with van der Waals surface area (Å²) < 4.78 is 2.72. The van der Waals surface area contributed by atoms with E-state index in [1.165, 1.54) is 126 Å². The van der Waals surface area contributed by atoms with Crippen molar-refractivity contribution < 1.29 is 8.97 Å². The molecule has 0 saturated carbocycles. The molecule has 0 bridgehead atoms. The number of quaternary nitrogens is 2. The van der Waals surface area contributed by atoms with Crippen molar-refractivity contribution in [3.8, 4) is 0 Å². The first-order chi connectivity index (χ1) is 17.7. The lowest BCUT2D eigenvalue weighted by Gasteiger charge is -2.43. The fourth-order valence-electron chi connectivity index (χ4n) is 7.95. The lowest BCUT2D eigenvalue weighted by molar-refractivity contribution is -0.936. The van der Waals surface area contributed by atoms with Crippen LogP contribution in [0.5, 0.6) is 0 Å². The van der Waals surface area contributed by atoms with Gasteiger partial charge in [-0.25, -0.2) is 0 Å². The minimum atomic E-state index is 0.795. The SMILES string of the molecule is CC(C)C[N+](CCCCCCCCCCCC[N+](CC(C)C)(CC(C)C)CC(C)C)(CC(C)C)CC(C)C. The van der Waals surface area contributed by atoms with Gasteiger partial charge in [0.15, 0.2) is 0 Å². The minimum absolute atomic E-state index is 0.795. The van der Waals surface area contributed by atoms with Crippen LogP contribution in [0.25, 0.3) is 0 Å². The van der Waals surface area contributed by atoms with E-state index in [-0.39, 0.29) is 0 Å². The zero-order chi connectivity index (χ0) is 29.2. The minimum Gasteiger partial charge on any atom is -0.323 e. The van der Waals surface area contributed by atoms with E-state index >= 15 is 0 Å². The van der Waals surface area contributed by atoms with E-state index in [1.54, 1.807) is 0 Å². The molecule has 0 saturated heterocycles. The van der Waals surface area contributed by atoms with Crippen molar-refractivity contribution in [2.75, 3.05) is 52.4 Å². The van der Waals surface area contributed by atoms with E-state index in [1.807, 2.05) is 0 Å². The van der Waals surface area contributed by atoms with Crippen molar-refractivity contribution in [1.82, 2.24) is 0 Å². The molecule has 0 radical (unpaired) electrons. The second-order valence-corrected chi connectivity index (χ2v) is 16.1. The molecule has 2 heteroatoms. The summed E-state index contributed by atoms with van der Waals surface area (Å²) in [6, 6.07) is 0. The molecular weight excluding hydrogens is 460 g/mol. The number of unbranched alkanes of at least 4 members (excludes halogenated alkanes) is 9. The molecular formula is C36H78N2+2. The Morgan fingerprint density at radius 2 is 0.421 bits per heavy atom. The Morgan fingerprint density at radius 1 is 0.263 bits per heavy atom. The molecule has 0 heterocycles. The van der Waals surface area contributed by atoms with E-state index in [0.29, 0.717) is 0 Å². The maximum absolute atomic E-state index is 2.42. The highest BCUT2D eigenvalue weighted by molar-refractivity contribution is 4.58. The lowest BCUT2D eigenvalue weighted by atomic mass is 10.0. The van der Waals surface area contributed by atoms with E-state index in [4.69, 9.17) is 0 Å². The molecule has 230 valence electrons. The fourth-order valence-corrected chi connectivity index (χ4v) is 7.95. The molecule has 0 amide bonds. The first-order valence-electron chi connectivity index (χ1n) is 17.4. The first kappa shape index (κ1) is 37.9. The van der Waals surface area contributed by atoms with E-state index < -0.39 is 0 Å². The summed E-state index contributed by atoms with van der Waals surface area (Å²) in [4.78, 5) is 0. The van der Waals surface area contributed by atoms with Crippen LogP contribution in [-0.4, -0.2) is 61.3 Å². The van der Waals surface area contributed by atoms with Gasteiger partial charge < -0.3 is 8.97 Å². The summed E-state index contributed by atoms with van der Waals surface area (Å²) in [5, 5.41) is 0. The Morgan fingerprint density at radius 3 is 0.579 bits per heavy atom. The molecule has 38 heavy (non-hydrogen) atoms. The molecule has 0 aromatic rings. The van der Waals surface area contributed by atoms with Crippen molar-refractivity contribution in [3.05, 3.63) is 0 Å². The average molecular weight is 539 g/mol. The van der Waals surface area contributed by atoms with Crippen molar-refractivity contribution >= 4 is 0 Å². The predicted octanol–water partition coefficient (Wildman–Crippen LogP) is 10.5. The van der Waals surface area contributed by atoms with Gasteiger partial charge in [-0.15, -0.1) is 0 Å². The number of rotatable bonds is 25.